The fraction of sp³-hybridized carbons (Fsp3) is 0.375. The van der Waals surface area contributed by atoms with E-state index in [1.807, 2.05) is 35.2 Å². The molecule has 3 rings (SSSR count). The molecule has 6 heteroatoms. The van der Waals surface area contributed by atoms with E-state index in [0.29, 0.717) is 25.3 Å². The molecule has 0 unspecified atom stereocenters. The van der Waals surface area contributed by atoms with E-state index in [4.69, 9.17) is 0 Å². The molecule has 1 aliphatic heterocycles. The van der Waals surface area contributed by atoms with Crippen LogP contribution in [-0.4, -0.2) is 58.5 Å². The van der Waals surface area contributed by atoms with Crippen molar-refractivity contribution in [3.63, 3.8) is 0 Å². The van der Waals surface area contributed by atoms with Crippen molar-refractivity contribution < 1.29 is 9.90 Å². The van der Waals surface area contributed by atoms with E-state index in [1.165, 1.54) is 11.3 Å². The molecular formula is C16H19N3O2S. The summed E-state index contributed by atoms with van der Waals surface area (Å²) >= 11 is 1.44. The zero-order chi connectivity index (χ0) is 15.4. The Hall–Kier alpha value is -1.76. The Morgan fingerprint density at radius 1 is 1.23 bits per heavy atom. The van der Waals surface area contributed by atoms with Crippen molar-refractivity contribution in [1.29, 1.82) is 0 Å². The summed E-state index contributed by atoms with van der Waals surface area (Å²) in [4.78, 5) is 20.3. The van der Waals surface area contributed by atoms with E-state index < -0.39 is 6.10 Å². The van der Waals surface area contributed by atoms with Crippen molar-refractivity contribution in [2.45, 2.75) is 6.10 Å². The number of hydrogen-bond acceptors (Lipinski definition) is 5. The summed E-state index contributed by atoms with van der Waals surface area (Å²) in [7, 11) is 0. The molecular weight excluding hydrogens is 298 g/mol. The lowest BCUT2D eigenvalue weighted by Gasteiger charge is -2.35. The molecule has 1 aromatic carbocycles. The molecule has 1 N–H and O–H groups in total. The summed E-state index contributed by atoms with van der Waals surface area (Å²) in [5.41, 5.74) is 3.14. The first-order valence-corrected chi connectivity index (χ1v) is 8.31. The highest BCUT2D eigenvalue weighted by molar-refractivity contribution is 7.07. The fourth-order valence-electron chi connectivity index (χ4n) is 2.64. The summed E-state index contributed by atoms with van der Waals surface area (Å²) in [5.74, 6) is 0.00417. The summed E-state index contributed by atoms with van der Waals surface area (Å²) in [6.07, 6.45) is -0.484. The number of aromatic nitrogens is 1. The number of piperazine rings is 1. The number of hydrogen-bond donors (Lipinski definition) is 1. The number of rotatable bonds is 4. The van der Waals surface area contributed by atoms with Gasteiger partial charge in [-0.3, -0.25) is 9.69 Å². The first kappa shape index (κ1) is 15.1. The maximum atomic E-state index is 12.2. The number of carbonyl (C=O) groups is 1. The van der Waals surface area contributed by atoms with Crippen LogP contribution in [0, 0.1) is 0 Å². The number of nitrogens with zero attached hydrogens (tertiary/aromatic N) is 3. The SMILES string of the molecule is O=C(c1cscn1)N1CCN(C[C@H](O)c2ccccc2)CC1. The second kappa shape index (κ2) is 7.00. The van der Waals surface area contributed by atoms with Gasteiger partial charge in [-0.1, -0.05) is 30.3 Å². The molecule has 22 heavy (non-hydrogen) atoms. The first-order valence-electron chi connectivity index (χ1n) is 7.37. The van der Waals surface area contributed by atoms with Crippen molar-refractivity contribution in [3.05, 3.63) is 52.5 Å². The molecule has 1 atom stereocenters. The van der Waals surface area contributed by atoms with Gasteiger partial charge in [0.25, 0.3) is 5.91 Å². The largest absolute Gasteiger partial charge is 0.387 e. The molecule has 0 saturated carbocycles. The standard InChI is InChI=1S/C16H19N3O2S/c20-15(13-4-2-1-3-5-13)10-18-6-8-19(9-7-18)16(21)14-11-22-12-17-14/h1-5,11-12,15,20H,6-10H2/t15-/m0/s1. The minimum atomic E-state index is -0.484. The molecule has 0 aliphatic carbocycles. The minimum Gasteiger partial charge on any atom is -0.387 e. The van der Waals surface area contributed by atoms with Crippen LogP contribution in [-0.2, 0) is 0 Å². The van der Waals surface area contributed by atoms with E-state index in [0.717, 1.165) is 18.7 Å². The summed E-state index contributed by atoms with van der Waals surface area (Å²) in [6, 6.07) is 9.68. The zero-order valence-electron chi connectivity index (χ0n) is 12.3. The lowest BCUT2D eigenvalue weighted by molar-refractivity contribution is 0.0523. The van der Waals surface area contributed by atoms with E-state index in [1.54, 1.807) is 10.9 Å². The number of benzene rings is 1. The van der Waals surface area contributed by atoms with Crippen LogP contribution in [0.5, 0.6) is 0 Å². The second-order valence-corrected chi connectivity index (χ2v) is 6.11. The van der Waals surface area contributed by atoms with Gasteiger partial charge in [-0.05, 0) is 5.56 Å². The highest BCUT2D eigenvalue weighted by Gasteiger charge is 2.24. The van der Waals surface area contributed by atoms with Gasteiger partial charge in [-0.2, -0.15) is 0 Å². The third-order valence-electron chi connectivity index (χ3n) is 3.93. The molecule has 1 saturated heterocycles. The van der Waals surface area contributed by atoms with E-state index in [2.05, 4.69) is 9.88 Å². The van der Waals surface area contributed by atoms with Crippen molar-refractivity contribution in [3.8, 4) is 0 Å². The van der Waals surface area contributed by atoms with Crippen LogP contribution in [0.2, 0.25) is 0 Å². The van der Waals surface area contributed by atoms with E-state index in [9.17, 15) is 9.90 Å². The predicted molar refractivity (Wildman–Crippen MR) is 85.9 cm³/mol. The van der Waals surface area contributed by atoms with Crippen molar-refractivity contribution >= 4 is 17.2 Å². The average Bonchev–Trinajstić information content (AvgIpc) is 3.10. The number of thiazole rings is 1. The van der Waals surface area contributed by atoms with Crippen LogP contribution < -0.4 is 0 Å². The maximum absolute atomic E-state index is 12.2. The Morgan fingerprint density at radius 3 is 2.59 bits per heavy atom. The summed E-state index contributed by atoms with van der Waals surface area (Å²) in [5, 5.41) is 12.1. The fourth-order valence-corrected chi connectivity index (χ4v) is 3.16. The topological polar surface area (TPSA) is 56.7 Å². The van der Waals surface area contributed by atoms with Gasteiger partial charge in [0.1, 0.15) is 5.69 Å². The van der Waals surface area contributed by atoms with Gasteiger partial charge in [-0.25, -0.2) is 4.98 Å². The van der Waals surface area contributed by atoms with Crippen molar-refractivity contribution in [2.75, 3.05) is 32.7 Å². The predicted octanol–water partition coefficient (Wildman–Crippen LogP) is 1.63. The van der Waals surface area contributed by atoms with Gasteiger partial charge in [0.15, 0.2) is 0 Å². The minimum absolute atomic E-state index is 0.00417. The van der Waals surface area contributed by atoms with Crippen LogP contribution in [0.4, 0.5) is 0 Å². The van der Waals surface area contributed by atoms with Gasteiger partial charge >= 0.3 is 0 Å². The molecule has 1 fully saturated rings. The molecule has 2 aromatic rings. The molecule has 1 aliphatic rings. The molecule has 2 heterocycles. The Morgan fingerprint density at radius 2 is 1.95 bits per heavy atom. The number of β-amino-alcohol motifs (C(OH)–C–C–N with tert-alkyl or cyclic N) is 1. The van der Waals surface area contributed by atoms with Crippen LogP contribution in [0.25, 0.3) is 0 Å². The highest BCUT2D eigenvalue weighted by Crippen LogP contribution is 2.15. The van der Waals surface area contributed by atoms with Gasteiger partial charge < -0.3 is 10.0 Å². The lowest BCUT2D eigenvalue weighted by Crippen LogP contribution is -2.49. The van der Waals surface area contributed by atoms with Crippen molar-refractivity contribution in [2.24, 2.45) is 0 Å². The average molecular weight is 317 g/mol. The molecule has 5 nitrogen and oxygen atoms in total. The quantitative estimate of drug-likeness (QED) is 0.931. The molecule has 0 bridgehead atoms. The van der Waals surface area contributed by atoms with Crippen molar-refractivity contribution in [1.82, 2.24) is 14.8 Å². The number of amides is 1. The first-order chi connectivity index (χ1) is 10.7. The molecule has 1 aromatic heterocycles. The van der Waals surface area contributed by atoms with E-state index >= 15 is 0 Å². The lowest BCUT2D eigenvalue weighted by atomic mass is 10.1. The van der Waals surface area contributed by atoms with Crippen LogP contribution >= 0.6 is 11.3 Å². The summed E-state index contributed by atoms with van der Waals surface area (Å²) < 4.78 is 0. The van der Waals surface area contributed by atoms with E-state index in [-0.39, 0.29) is 5.91 Å². The van der Waals surface area contributed by atoms with Crippen LogP contribution in [0.1, 0.15) is 22.2 Å². The molecule has 0 radical (unpaired) electrons. The Bertz CT molecular complexity index is 595. The Balaban J connectivity index is 1.51. The molecule has 116 valence electrons. The Kier molecular flexibility index (Phi) is 4.82. The molecule has 0 spiro atoms. The van der Waals surface area contributed by atoms with Crippen LogP contribution in [0.3, 0.4) is 0 Å². The smallest absolute Gasteiger partial charge is 0.273 e. The number of aliphatic hydroxyl groups excluding tert-OH is 1. The highest BCUT2D eigenvalue weighted by atomic mass is 32.1. The monoisotopic (exact) mass is 317 g/mol. The second-order valence-electron chi connectivity index (χ2n) is 5.39. The van der Waals surface area contributed by atoms with Gasteiger partial charge in [0.05, 0.1) is 11.6 Å². The normalized spacial score (nSPS) is 17.4. The summed E-state index contributed by atoms with van der Waals surface area (Å²) in [6.45, 7) is 3.51. The number of carbonyl (C=O) groups excluding carboxylic acids is 1. The number of aliphatic hydroxyl groups is 1. The Labute approximate surface area is 133 Å². The molecule has 1 amide bonds. The van der Waals surface area contributed by atoms with Crippen LogP contribution in [0.15, 0.2) is 41.2 Å². The van der Waals surface area contributed by atoms with Gasteiger partial charge in [0, 0.05) is 38.1 Å². The van der Waals surface area contributed by atoms with Gasteiger partial charge in [-0.15, -0.1) is 11.3 Å². The maximum Gasteiger partial charge on any atom is 0.273 e. The third-order valence-corrected chi connectivity index (χ3v) is 4.51. The zero-order valence-corrected chi connectivity index (χ0v) is 13.1. The third kappa shape index (κ3) is 3.52. The van der Waals surface area contributed by atoms with Gasteiger partial charge in [0.2, 0.25) is 0 Å².